The standard InChI is InChI=1S/C18H21N7O/c1-12(2)8-25-18-15(7-20-25)22-17(23-18)13-4-5-16(26-3)14(6-13)9-24-11-19-10-21-24/h4-7,10-12H,8-9H2,1-3H3,(H,22,23). The fraction of sp³-hybridized carbons (Fsp3) is 0.333. The highest BCUT2D eigenvalue weighted by Crippen LogP contribution is 2.27. The fourth-order valence-electron chi connectivity index (χ4n) is 3.00. The number of imidazole rings is 1. The van der Waals surface area contributed by atoms with E-state index in [1.54, 1.807) is 18.1 Å². The molecule has 1 aromatic carbocycles. The SMILES string of the molecule is COc1ccc(-c2nc3c(cnn3CC(C)C)[nH]2)cc1Cn1cncn1. The molecule has 0 atom stereocenters. The summed E-state index contributed by atoms with van der Waals surface area (Å²) >= 11 is 0. The van der Waals surface area contributed by atoms with E-state index >= 15 is 0 Å². The molecule has 4 rings (SSSR count). The molecule has 8 nitrogen and oxygen atoms in total. The Kier molecular flexibility index (Phi) is 4.16. The van der Waals surface area contributed by atoms with Crippen LogP contribution in [-0.4, -0.2) is 41.6 Å². The predicted molar refractivity (Wildman–Crippen MR) is 97.8 cm³/mol. The number of methoxy groups -OCH3 is 1. The molecule has 1 N–H and O–H groups in total. The molecule has 3 heterocycles. The van der Waals surface area contributed by atoms with E-state index in [0.29, 0.717) is 12.5 Å². The Labute approximate surface area is 150 Å². The minimum Gasteiger partial charge on any atom is -0.496 e. The molecular weight excluding hydrogens is 330 g/mol. The van der Waals surface area contributed by atoms with Crippen molar-refractivity contribution in [2.24, 2.45) is 5.92 Å². The van der Waals surface area contributed by atoms with E-state index in [1.807, 2.05) is 23.0 Å². The summed E-state index contributed by atoms with van der Waals surface area (Å²) < 4.78 is 9.19. The zero-order chi connectivity index (χ0) is 18.1. The molecule has 0 aliphatic rings. The molecule has 0 aliphatic heterocycles. The summed E-state index contributed by atoms with van der Waals surface area (Å²) in [4.78, 5) is 12.1. The summed E-state index contributed by atoms with van der Waals surface area (Å²) in [6.45, 7) is 5.76. The Morgan fingerprint density at radius 2 is 2.12 bits per heavy atom. The molecule has 0 radical (unpaired) electrons. The van der Waals surface area contributed by atoms with E-state index < -0.39 is 0 Å². The van der Waals surface area contributed by atoms with Gasteiger partial charge >= 0.3 is 0 Å². The van der Waals surface area contributed by atoms with Gasteiger partial charge < -0.3 is 9.72 Å². The summed E-state index contributed by atoms with van der Waals surface area (Å²) in [5.41, 5.74) is 3.82. The lowest BCUT2D eigenvalue weighted by Crippen LogP contribution is -2.06. The molecule has 0 unspecified atom stereocenters. The van der Waals surface area contributed by atoms with Crippen molar-refractivity contribution >= 4 is 11.2 Å². The first kappa shape index (κ1) is 16.3. The summed E-state index contributed by atoms with van der Waals surface area (Å²) in [5, 5.41) is 8.58. The van der Waals surface area contributed by atoms with Crippen molar-refractivity contribution in [3.05, 3.63) is 42.6 Å². The van der Waals surface area contributed by atoms with E-state index in [9.17, 15) is 0 Å². The fourth-order valence-corrected chi connectivity index (χ4v) is 3.00. The normalized spacial score (nSPS) is 11.5. The van der Waals surface area contributed by atoms with E-state index in [0.717, 1.165) is 40.4 Å². The third-order valence-corrected chi connectivity index (χ3v) is 4.17. The van der Waals surface area contributed by atoms with Gasteiger partial charge in [-0.3, -0.25) is 0 Å². The molecule has 0 aliphatic carbocycles. The number of benzene rings is 1. The van der Waals surface area contributed by atoms with Crippen LogP contribution in [0.3, 0.4) is 0 Å². The Bertz CT molecular complexity index is 1010. The quantitative estimate of drug-likeness (QED) is 0.577. The molecule has 4 aromatic rings. The topological polar surface area (TPSA) is 86.4 Å². The minimum atomic E-state index is 0.508. The van der Waals surface area contributed by atoms with Gasteiger partial charge in [-0.05, 0) is 24.1 Å². The van der Waals surface area contributed by atoms with Gasteiger partial charge in [0.05, 0.1) is 19.9 Å². The summed E-state index contributed by atoms with van der Waals surface area (Å²) in [6, 6.07) is 6.02. The van der Waals surface area contributed by atoms with Crippen LogP contribution in [0.4, 0.5) is 0 Å². The molecule has 0 spiro atoms. The van der Waals surface area contributed by atoms with Crippen LogP contribution in [0, 0.1) is 5.92 Å². The Hall–Kier alpha value is -3.16. The number of H-pyrrole nitrogens is 1. The molecule has 0 saturated heterocycles. The second-order valence-corrected chi connectivity index (χ2v) is 6.66. The van der Waals surface area contributed by atoms with Gasteiger partial charge in [0.25, 0.3) is 0 Å². The number of nitrogens with zero attached hydrogens (tertiary/aromatic N) is 6. The zero-order valence-electron chi connectivity index (χ0n) is 15.0. The molecule has 26 heavy (non-hydrogen) atoms. The highest BCUT2D eigenvalue weighted by atomic mass is 16.5. The van der Waals surface area contributed by atoms with Gasteiger partial charge in [-0.25, -0.2) is 19.3 Å². The van der Waals surface area contributed by atoms with E-state index in [2.05, 4.69) is 40.1 Å². The lowest BCUT2D eigenvalue weighted by atomic mass is 10.1. The molecule has 0 bridgehead atoms. The van der Waals surface area contributed by atoms with Crippen LogP contribution < -0.4 is 4.74 Å². The van der Waals surface area contributed by atoms with Gasteiger partial charge in [0.2, 0.25) is 0 Å². The predicted octanol–water partition coefficient (Wildman–Crippen LogP) is 2.73. The van der Waals surface area contributed by atoms with Crippen molar-refractivity contribution < 1.29 is 4.74 Å². The first-order valence-electron chi connectivity index (χ1n) is 8.55. The summed E-state index contributed by atoms with van der Waals surface area (Å²) in [7, 11) is 1.67. The lowest BCUT2D eigenvalue weighted by Gasteiger charge is -2.10. The van der Waals surface area contributed by atoms with Crippen LogP contribution in [-0.2, 0) is 13.1 Å². The molecular formula is C18H21N7O. The number of hydrogen-bond donors (Lipinski definition) is 1. The number of fused-ring (bicyclic) bond motifs is 1. The Balaban J connectivity index is 1.71. The smallest absolute Gasteiger partial charge is 0.176 e. The second-order valence-electron chi connectivity index (χ2n) is 6.66. The van der Waals surface area contributed by atoms with Crippen molar-refractivity contribution in [2.75, 3.05) is 7.11 Å². The maximum atomic E-state index is 5.49. The average Bonchev–Trinajstić information content (AvgIpc) is 3.33. The van der Waals surface area contributed by atoms with E-state index in [1.165, 1.54) is 6.33 Å². The summed E-state index contributed by atoms with van der Waals surface area (Å²) in [5.74, 6) is 2.14. The maximum Gasteiger partial charge on any atom is 0.176 e. The average molecular weight is 351 g/mol. The van der Waals surface area contributed by atoms with E-state index in [4.69, 9.17) is 9.72 Å². The summed E-state index contributed by atoms with van der Waals surface area (Å²) in [6.07, 6.45) is 5.04. The third kappa shape index (κ3) is 3.05. The molecule has 134 valence electrons. The lowest BCUT2D eigenvalue weighted by molar-refractivity contribution is 0.407. The highest BCUT2D eigenvalue weighted by molar-refractivity contribution is 5.76. The van der Waals surface area contributed by atoms with Gasteiger partial charge in [-0.15, -0.1) is 0 Å². The van der Waals surface area contributed by atoms with Gasteiger partial charge in [0, 0.05) is 17.7 Å². The molecule has 8 heteroatoms. The third-order valence-electron chi connectivity index (χ3n) is 4.17. The van der Waals surface area contributed by atoms with Crippen molar-refractivity contribution in [1.29, 1.82) is 0 Å². The number of nitrogens with one attached hydrogen (secondary N) is 1. The van der Waals surface area contributed by atoms with Gasteiger partial charge in [-0.1, -0.05) is 13.8 Å². The highest BCUT2D eigenvalue weighted by Gasteiger charge is 2.13. The molecule has 0 amide bonds. The van der Waals surface area contributed by atoms with E-state index in [-0.39, 0.29) is 0 Å². The number of aromatic nitrogens is 7. The largest absolute Gasteiger partial charge is 0.496 e. The first-order chi connectivity index (χ1) is 12.6. The minimum absolute atomic E-state index is 0.508. The van der Waals surface area contributed by atoms with Crippen LogP contribution >= 0.6 is 0 Å². The van der Waals surface area contributed by atoms with Crippen LogP contribution in [0.25, 0.3) is 22.6 Å². The van der Waals surface area contributed by atoms with Gasteiger partial charge in [-0.2, -0.15) is 10.2 Å². The number of aromatic amines is 1. The zero-order valence-corrected chi connectivity index (χ0v) is 15.0. The second kappa shape index (κ2) is 6.62. The maximum absolute atomic E-state index is 5.49. The first-order valence-corrected chi connectivity index (χ1v) is 8.55. The monoisotopic (exact) mass is 351 g/mol. The van der Waals surface area contributed by atoms with Crippen molar-refractivity contribution in [1.82, 2.24) is 34.5 Å². The molecule has 0 fully saturated rings. The van der Waals surface area contributed by atoms with Crippen LogP contribution in [0.2, 0.25) is 0 Å². The number of rotatable bonds is 6. The van der Waals surface area contributed by atoms with Gasteiger partial charge in [0.1, 0.15) is 29.7 Å². The van der Waals surface area contributed by atoms with Gasteiger partial charge in [0.15, 0.2) is 5.65 Å². The van der Waals surface area contributed by atoms with Crippen molar-refractivity contribution in [3.63, 3.8) is 0 Å². The van der Waals surface area contributed by atoms with Crippen molar-refractivity contribution in [3.8, 4) is 17.1 Å². The number of ether oxygens (including phenoxy) is 1. The van der Waals surface area contributed by atoms with Crippen LogP contribution in [0.15, 0.2) is 37.1 Å². The van der Waals surface area contributed by atoms with Crippen LogP contribution in [0.5, 0.6) is 5.75 Å². The van der Waals surface area contributed by atoms with Crippen LogP contribution in [0.1, 0.15) is 19.4 Å². The van der Waals surface area contributed by atoms with Crippen molar-refractivity contribution in [2.45, 2.75) is 26.9 Å². The molecule has 0 saturated carbocycles. The number of hydrogen-bond acceptors (Lipinski definition) is 5. The Morgan fingerprint density at radius 3 is 2.85 bits per heavy atom. The Morgan fingerprint density at radius 1 is 1.23 bits per heavy atom. The molecule has 3 aromatic heterocycles.